The maximum atomic E-state index is 13.5. The summed E-state index contributed by atoms with van der Waals surface area (Å²) in [6, 6.07) is 15.6. The summed E-state index contributed by atoms with van der Waals surface area (Å²) in [5.74, 6) is -0.421. The molecule has 2 N–H and O–H groups in total. The predicted octanol–water partition coefficient (Wildman–Crippen LogP) is 2.13. The Morgan fingerprint density at radius 2 is 1.73 bits per heavy atom. The first-order chi connectivity index (χ1) is 14.4. The van der Waals surface area contributed by atoms with Gasteiger partial charge in [0.15, 0.2) is 5.78 Å². The highest BCUT2D eigenvalue weighted by molar-refractivity contribution is 6.12. The Balaban J connectivity index is 1.63. The number of hydrogen-bond acceptors (Lipinski definition) is 4. The Kier molecular flexibility index (Phi) is 5.20. The van der Waals surface area contributed by atoms with Gasteiger partial charge in [-0.3, -0.25) is 14.4 Å². The van der Waals surface area contributed by atoms with Gasteiger partial charge in [-0.25, -0.2) is 0 Å². The summed E-state index contributed by atoms with van der Waals surface area (Å²) >= 11 is 0. The molecule has 0 radical (unpaired) electrons. The number of amides is 2. The van der Waals surface area contributed by atoms with Crippen LogP contribution >= 0.6 is 0 Å². The molecule has 1 fully saturated rings. The first-order valence-corrected chi connectivity index (χ1v) is 10.4. The largest absolute Gasteiger partial charge is 0.338 e. The molecule has 0 aliphatic carbocycles. The Hall–Kier alpha value is -2.99. The zero-order chi connectivity index (χ0) is 21.5. The van der Waals surface area contributed by atoms with Crippen molar-refractivity contribution in [3.8, 4) is 0 Å². The number of ketones is 1. The van der Waals surface area contributed by atoms with Gasteiger partial charge in [0, 0.05) is 25.2 Å². The van der Waals surface area contributed by atoms with E-state index in [-0.39, 0.29) is 30.2 Å². The molecule has 0 saturated carbocycles. The zero-order valence-corrected chi connectivity index (χ0v) is 17.4. The molecule has 2 heterocycles. The number of nitrogens with zero attached hydrogens (tertiary/aromatic N) is 2. The molecule has 2 aliphatic rings. The normalized spacial score (nSPS) is 24.3. The molecule has 156 valence electrons. The van der Waals surface area contributed by atoms with E-state index in [2.05, 4.69) is 0 Å². The van der Waals surface area contributed by atoms with Crippen molar-refractivity contribution in [3.05, 3.63) is 71.3 Å². The fraction of sp³-hybridized carbons (Fsp3) is 0.375. The topological polar surface area (TPSA) is 83.7 Å². The summed E-state index contributed by atoms with van der Waals surface area (Å²) in [7, 11) is 0. The highest BCUT2D eigenvalue weighted by Gasteiger charge is 2.55. The fourth-order valence-corrected chi connectivity index (χ4v) is 4.84. The molecule has 2 aromatic rings. The average Bonchev–Trinajstić information content (AvgIpc) is 3.09. The van der Waals surface area contributed by atoms with E-state index < -0.39 is 11.5 Å². The number of Topliss-reactive ketones (excluding diaryl/α,β-unsaturated/α-hetero) is 1. The van der Waals surface area contributed by atoms with E-state index in [9.17, 15) is 14.4 Å². The summed E-state index contributed by atoms with van der Waals surface area (Å²) in [5, 5.41) is 0. The molecule has 0 aromatic heterocycles. The number of fused-ring (bicyclic) bond motifs is 2. The number of hydrogen-bond donors (Lipinski definition) is 1. The van der Waals surface area contributed by atoms with Crippen LogP contribution in [0.5, 0.6) is 0 Å². The number of carbonyl (C=O) groups excluding carboxylic acids is 3. The van der Waals surface area contributed by atoms with Crippen molar-refractivity contribution in [2.75, 3.05) is 19.6 Å². The summed E-state index contributed by atoms with van der Waals surface area (Å²) in [6.45, 7) is 4.82. The van der Waals surface area contributed by atoms with Gasteiger partial charge in [0.25, 0.3) is 5.91 Å². The predicted molar refractivity (Wildman–Crippen MR) is 114 cm³/mol. The van der Waals surface area contributed by atoms with E-state index in [0.717, 1.165) is 5.56 Å². The SMILES string of the molecule is CCN1C(=O)c2ccccc2C(=O)[C@@]2(C)CN(C(=O)[C@@H](N)Cc3ccccc3)C[C@@H]12. The van der Waals surface area contributed by atoms with E-state index in [1.165, 1.54) is 0 Å². The van der Waals surface area contributed by atoms with Crippen LogP contribution in [0.2, 0.25) is 0 Å². The number of carbonyl (C=O) groups is 3. The number of likely N-dealkylation sites (N-methyl/N-ethyl adjacent to an activating group) is 1. The van der Waals surface area contributed by atoms with Gasteiger partial charge in [0.05, 0.1) is 23.1 Å². The first kappa shape index (κ1) is 20.3. The lowest BCUT2D eigenvalue weighted by molar-refractivity contribution is -0.131. The minimum atomic E-state index is -0.861. The minimum absolute atomic E-state index is 0.0840. The van der Waals surface area contributed by atoms with Crippen molar-refractivity contribution in [1.29, 1.82) is 0 Å². The lowest BCUT2D eigenvalue weighted by Crippen LogP contribution is -2.49. The van der Waals surface area contributed by atoms with Crippen LogP contribution in [0, 0.1) is 5.41 Å². The van der Waals surface area contributed by atoms with Crippen LogP contribution in [0.15, 0.2) is 54.6 Å². The standard InChI is InChI=1S/C24H27N3O3/c1-3-27-20-14-26(23(30)19(25)13-16-9-5-4-6-10-16)15-24(20,2)21(28)17-11-7-8-12-18(17)22(27)29/h4-12,19-20H,3,13-15,25H2,1-2H3/t19-,20+,24-/m0/s1. The van der Waals surface area contributed by atoms with Crippen molar-refractivity contribution in [2.24, 2.45) is 11.1 Å². The van der Waals surface area contributed by atoms with Crippen LogP contribution in [0.4, 0.5) is 0 Å². The van der Waals surface area contributed by atoms with Gasteiger partial charge in [-0.15, -0.1) is 0 Å². The summed E-state index contributed by atoms with van der Waals surface area (Å²) < 4.78 is 0. The van der Waals surface area contributed by atoms with Crippen molar-refractivity contribution in [2.45, 2.75) is 32.4 Å². The second-order valence-electron chi connectivity index (χ2n) is 8.41. The Morgan fingerprint density at radius 1 is 1.10 bits per heavy atom. The van der Waals surface area contributed by atoms with Crippen LogP contribution in [0.3, 0.4) is 0 Å². The van der Waals surface area contributed by atoms with Gasteiger partial charge in [-0.05, 0) is 31.9 Å². The lowest BCUT2D eigenvalue weighted by Gasteiger charge is -2.34. The molecule has 4 rings (SSSR count). The second kappa shape index (κ2) is 7.69. The molecular formula is C24H27N3O3. The van der Waals surface area contributed by atoms with E-state index in [0.29, 0.717) is 30.6 Å². The van der Waals surface area contributed by atoms with E-state index in [4.69, 9.17) is 5.73 Å². The van der Waals surface area contributed by atoms with Crippen LogP contribution in [-0.4, -0.2) is 59.1 Å². The highest BCUT2D eigenvalue weighted by Crippen LogP contribution is 2.41. The van der Waals surface area contributed by atoms with Gasteiger partial charge >= 0.3 is 0 Å². The Labute approximate surface area is 176 Å². The Bertz CT molecular complexity index is 990. The third kappa shape index (κ3) is 3.21. The van der Waals surface area contributed by atoms with Gasteiger partial charge in [-0.2, -0.15) is 0 Å². The second-order valence-corrected chi connectivity index (χ2v) is 8.41. The maximum absolute atomic E-state index is 13.5. The lowest BCUT2D eigenvalue weighted by atomic mass is 9.78. The van der Waals surface area contributed by atoms with Crippen molar-refractivity contribution >= 4 is 17.6 Å². The van der Waals surface area contributed by atoms with Crippen LogP contribution < -0.4 is 5.73 Å². The minimum Gasteiger partial charge on any atom is -0.338 e. The van der Waals surface area contributed by atoms with Gasteiger partial charge < -0.3 is 15.5 Å². The third-order valence-corrected chi connectivity index (χ3v) is 6.47. The number of rotatable bonds is 4. The molecule has 2 amide bonds. The van der Waals surface area contributed by atoms with E-state index >= 15 is 0 Å². The van der Waals surface area contributed by atoms with Crippen LogP contribution in [0.25, 0.3) is 0 Å². The molecular weight excluding hydrogens is 378 g/mol. The molecule has 0 spiro atoms. The molecule has 0 bridgehead atoms. The molecule has 3 atom stereocenters. The molecule has 6 heteroatoms. The number of benzene rings is 2. The number of likely N-dealkylation sites (tertiary alicyclic amines) is 1. The van der Waals surface area contributed by atoms with Gasteiger partial charge in [0.2, 0.25) is 5.91 Å². The molecule has 2 aliphatic heterocycles. The smallest absolute Gasteiger partial charge is 0.254 e. The quantitative estimate of drug-likeness (QED) is 0.845. The Morgan fingerprint density at radius 3 is 2.40 bits per heavy atom. The summed E-state index contributed by atoms with van der Waals surface area (Å²) in [5.41, 5.74) is 7.26. The molecule has 30 heavy (non-hydrogen) atoms. The van der Waals surface area contributed by atoms with Gasteiger partial charge in [0.1, 0.15) is 0 Å². The maximum Gasteiger partial charge on any atom is 0.254 e. The highest BCUT2D eigenvalue weighted by atomic mass is 16.2. The molecule has 0 unspecified atom stereocenters. The van der Waals surface area contributed by atoms with Crippen molar-refractivity contribution in [1.82, 2.24) is 9.80 Å². The van der Waals surface area contributed by atoms with Crippen LogP contribution in [0.1, 0.15) is 40.1 Å². The monoisotopic (exact) mass is 405 g/mol. The average molecular weight is 405 g/mol. The molecule has 2 aromatic carbocycles. The van der Waals surface area contributed by atoms with E-state index in [1.54, 1.807) is 34.1 Å². The first-order valence-electron chi connectivity index (χ1n) is 10.4. The van der Waals surface area contributed by atoms with E-state index in [1.807, 2.05) is 44.2 Å². The van der Waals surface area contributed by atoms with Crippen molar-refractivity contribution < 1.29 is 14.4 Å². The molecule has 6 nitrogen and oxygen atoms in total. The van der Waals surface area contributed by atoms with Crippen molar-refractivity contribution in [3.63, 3.8) is 0 Å². The summed E-state index contributed by atoms with van der Waals surface area (Å²) in [6.07, 6.45) is 0.435. The van der Waals surface area contributed by atoms with Crippen LogP contribution in [-0.2, 0) is 11.2 Å². The summed E-state index contributed by atoms with van der Waals surface area (Å²) in [4.78, 5) is 43.3. The third-order valence-electron chi connectivity index (χ3n) is 6.47. The fourth-order valence-electron chi connectivity index (χ4n) is 4.84. The zero-order valence-electron chi connectivity index (χ0n) is 17.4. The molecule has 1 saturated heterocycles. The van der Waals surface area contributed by atoms with Gasteiger partial charge in [-0.1, -0.05) is 48.5 Å². The number of nitrogens with two attached hydrogens (primary N) is 1.